The van der Waals surface area contributed by atoms with Crippen LogP contribution in [0.25, 0.3) is 0 Å². The molecule has 0 unspecified atom stereocenters. The van der Waals surface area contributed by atoms with E-state index in [0.29, 0.717) is 17.8 Å². The van der Waals surface area contributed by atoms with Crippen LogP contribution in [0.15, 0.2) is 6.07 Å². The van der Waals surface area contributed by atoms with Gasteiger partial charge in [-0.15, -0.1) is 0 Å². The maximum atomic E-state index is 10.7. The van der Waals surface area contributed by atoms with Gasteiger partial charge in [-0.05, 0) is 12.8 Å². The van der Waals surface area contributed by atoms with E-state index in [1.165, 1.54) is 0 Å². The van der Waals surface area contributed by atoms with Crippen molar-refractivity contribution in [1.82, 2.24) is 15.5 Å². The first-order chi connectivity index (χ1) is 6.65. The van der Waals surface area contributed by atoms with E-state index < -0.39 is 0 Å². The average Bonchev–Trinajstić information content (AvgIpc) is 2.42. The van der Waals surface area contributed by atoms with Gasteiger partial charge in [0.1, 0.15) is 5.82 Å². The van der Waals surface area contributed by atoms with Crippen LogP contribution >= 0.6 is 0 Å². The minimum absolute atomic E-state index is 0.0370. The molecule has 76 valence electrons. The smallest absolute Gasteiger partial charge is 0.217 e. The highest BCUT2D eigenvalue weighted by molar-refractivity contribution is 5.73. The van der Waals surface area contributed by atoms with E-state index in [-0.39, 0.29) is 5.91 Å². The molecular formula is C9H14N4O. The highest BCUT2D eigenvalue weighted by Gasteiger charge is 2.32. The summed E-state index contributed by atoms with van der Waals surface area (Å²) < 4.78 is 0. The van der Waals surface area contributed by atoms with Gasteiger partial charge in [-0.2, -0.15) is 5.10 Å². The van der Waals surface area contributed by atoms with E-state index in [9.17, 15) is 4.79 Å². The van der Waals surface area contributed by atoms with Gasteiger partial charge in [-0.3, -0.25) is 9.89 Å². The molecule has 1 aliphatic rings. The SMILES string of the molecule is CC(=O)N[C@H]1C[C@@H](c2cc(N)[nH]n2)C1. The zero-order valence-electron chi connectivity index (χ0n) is 8.08. The molecule has 4 N–H and O–H groups in total. The number of H-pyrrole nitrogens is 1. The fourth-order valence-electron chi connectivity index (χ4n) is 1.83. The molecule has 0 spiro atoms. The molecule has 5 nitrogen and oxygen atoms in total. The number of aromatic nitrogens is 2. The minimum Gasteiger partial charge on any atom is -0.384 e. The topological polar surface area (TPSA) is 83.8 Å². The standard InChI is InChI=1S/C9H14N4O/c1-5(14)11-7-2-6(3-7)8-4-9(10)13-12-8/h4,6-7H,2-3H2,1H3,(H,11,14)(H3,10,12,13)/t6-,7+. The molecule has 2 rings (SSSR count). The van der Waals surface area contributed by atoms with E-state index in [1.54, 1.807) is 6.92 Å². The van der Waals surface area contributed by atoms with Crippen molar-refractivity contribution in [3.8, 4) is 0 Å². The van der Waals surface area contributed by atoms with Crippen molar-refractivity contribution in [2.45, 2.75) is 31.7 Å². The molecular weight excluding hydrogens is 180 g/mol. The molecule has 0 bridgehead atoms. The normalized spacial score (nSPS) is 25.5. The third-order valence-electron chi connectivity index (χ3n) is 2.58. The number of aromatic amines is 1. The summed E-state index contributed by atoms with van der Waals surface area (Å²) in [6.07, 6.45) is 1.92. The van der Waals surface area contributed by atoms with Gasteiger partial charge in [0, 0.05) is 24.9 Å². The van der Waals surface area contributed by atoms with Crippen molar-refractivity contribution < 1.29 is 4.79 Å². The number of hydrogen-bond donors (Lipinski definition) is 3. The van der Waals surface area contributed by atoms with Crippen LogP contribution in [0, 0.1) is 0 Å². The van der Waals surface area contributed by atoms with Gasteiger partial charge >= 0.3 is 0 Å². The number of hydrogen-bond acceptors (Lipinski definition) is 3. The first kappa shape index (κ1) is 9.05. The molecule has 0 atom stereocenters. The first-order valence-electron chi connectivity index (χ1n) is 4.73. The summed E-state index contributed by atoms with van der Waals surface area (Å²) in [6, 6.07) is 2.17. The lowest BCUT2D eigenvalue weighted by Gasteiger charge is -2.34. The molecule has 0 saturated heterocycles. The van der Waals surface area contributed by atoms with Crippen LogP contribution in [0.2, 0.25) is 0 Å². The maximum Gasteiger partial charge on any atom is 0.217 e. The third kappa shape index (κ3) is 1.71. The third-order valence-corrected chi connectivity index (χ3v) is 2.58. The quantitative estimate of drug-likeness (QED) is 0.636. The number of nitrogen functional groups attached to an aromatic ring is 1. The number of carbonyl (C=O) groups excluding carboxylic acids is 1. The number of nitrogens with zero attached hydrogens (tertiary/aromatic N) is 1. The van der Waals surface area contributed by atoms with Crippen LogP contribution in [0.3, 0.4) is 0 Å². The summed E-state index contributed by atoms with van der Waals surface area (Å²) in [7, 11) is 0. The van der Waals surface area contributed by atoms with Gasteiger partial charge in [0.25, 0.3) is 0 Å². The first-order valence-corrected chi connectivity index (χ1v) is 4.73. The van der Waals surface area contributed by atoms with Gasteiger partial charge in [0.2, 0.25) is 5.91 Å². The van der Waals surface area contributed by atoms with Gasteiger partial charge < -0.3 is 11.1 Å². The van der Waals surface area contributed by atoms with E-state index >= 15 is 0 Å². The Bertz CT molecular complexity index is 340. The molecule has 1 amide bonds. The summed E-state index contributed by atoms with van der Waals surface area (Å²) in [4.78, 5) is 10.7. The van der Waals surface area contributed by atoms with E-state index in [4.69, 9.17) is 5.73 Å². The van der Waals surface area contributed by atoms with Crippen molar-refractivity contribution in [1.29, 1.82) is 0 Å². The Kier molecular flexibility index (Phi) is 2.15. The maximum absolute atomic E-state index is 10.7. The number of anilines is 1. The predicted octanol–water partition coefficient (Wildman–Crippen LogP) is 0.374. The minimum atomic E-state index is 0.0370. The zero-order valence-corrected chi connectivity index (χ0v) is 8.08. The molecule has 1 heterocycles. The van der Waals surface area contributed by atoms with Gasteiger partial charge in [0.05, 0.1) is 5.69 Å². The average molecular weight is 194 g/mol. The molecule has 0 aliphatic heterocycles. The molecule has 0 radical (unpaired) electrons. The highest BCUT2D eigenvalue weighted by atomic mass is 16.1. The molecule has 1 aromatic heterocycles. The lowest BCUT2D eigenvalue weighted by Crippen LogP contribution is -2.42. The van der Waals surface area contributed by atoms with Crippen molar-refractivity contribution in [3.05, 3.63) is 11.8 Å². The zero-order chi connectivity index (χ0) is 10.1. The van der Waals surface area contributed by atoms with Gasteiger partial charge in [-0.1, -0.05) is 0 Å². The van der Waals surface area contributed by atoms with Crippen LogP contribution in [0.4, 0.5) is 5.82 Å². The summed E-state index contributed by atoms with van der Waals surface area (Å²) >= 11 is 0. The van der Waals surface area contributed by atoms with E-state index in [2.05, 4.69) is 15.5 Å². The summed E-state index contributed by atoms with van der Waals surface area (Å²) in [5.74, 6) is 1.08. The summed E-state index contributed by atoms with van der Waals surface area (Å²) in [5.41, 5.74) is 6.53. The Morgan fingerprint density at radius 2 is 2.43 bits per heavy atom. The Hall–Kier alpha value is -1.52. The second kappa shape index (κ2) is 3.32. The Morgan fingerprint density at radius 1 is 1.71 bits per heavy atom. The highest BCUT2D eigenvalue weighted by Crippen LogP contribution is 2.36. The molecule has 1 saturated carbocycles. The second-order valence-corrected chi connectivity index (χ2v) is 3.81. The Morgan fingerprint density at radius 3 is 2.93 bits per heavy atom. The van der Waals surface area contributed by atoms with Crippen molar-refractivity contribution in [2.75, 3.05) is 5.73 Å². The lowest BCUT2D eigenvalue weighted by atomic mass is 9.78. The van der Waals surface area contributed by atoms with E-state index in [0.717, 1.165) is 18.5 Å². The predicted molar refractivity (Wildman–Crippen MR) is 52.6 cm³/mol. The second-order valence-electron chi connectivity index (χ2n) is 3.81. The number of amides is 1. The fourth-order valence-corrected chi connectivity index (χ4v) is 1.83. The van der Waals surface area contributed by atoms with Crippen molar-refractivity contribution >= 4 is 11.7 Å². The van der Waals surface area contributed by atoms with Gasteiger partial charge in [0.15, 0.2) is 0 Å². The molecule has 1 fully saturated rings. The Labute approximate surface area is 82.1 Å². The van der Waals surface area contributed by atoms with Crippen LogP contribution in [-0.4, -0.2) is 22.1 Å². The molecule has 1 aromatic rings. The fraction of sp³-hybridized carbons (Fsp3) is 0.556. The number of nitrogens with one attached hydrogen (secondary N) is 2. The van der Waals surface area contributed by atoms with Crippen LogP contribution in [0.1, 0.15) is 31.4 Å². The monoisotopic (exact) mass is 194 g/mol. The van der Waals surface area contributed by atoms with Gasteiger partial charge in [-0.25, -0.2) is 0 Å². The number of nitrogens with two attached hydrogens (primary N) is 1. The lowest BCUT2D eigenvalue weighted by molar-refractivity contribution is -0.120. The number of carbonyl (C=O) groups is 1. The Balaban J connectivity index is 1.86. The molecule has 14 heavy (non-hydrogen) atoms. The molecule has 0 aromatic carbocycles. The van der Waals surface area contributed by atoms with Crippen LogP contribution in [0.5, 0.6) is 0 Å². The van der Waals surface area contributed by atoms with Crippen LogP contribution < -0.4 is 11.1 Å². The molecule has 1 aliphatic carbocycles. The van der Waals surface area contributed by atoms with Crippen LogP contribution in [-0.2, 0) is 4.79 Å². The van der Waals surface area contributed by atoms with Crippen molar-refractivity contribution in [3.63, 3.8) is 0 Å². The van der Waals surface area contributed by atoms with Crippen molar-refractivity contribution in [2.24, 2.45) is 0 Å². The summed E-state index contributed by atoms with van der Waals surface area (Å²) in [6.45, 7) is 1.54. The number of rotatable bonds is 2. The van der Waals surface area contributed by atoms with E-state index in [1.807, 2.05) is 6.07 Å². The largest absolute Gasteiger partial charge is 0.384 e. The molecule has 5 heteroatoms. The summed E-state index contributed by atoms with van der Waals surface area (Å²) in [5, 5.41) is 9.68.